The number of carboxylic acid groups (broad SMARTS) is 1. The number of carbonyl (C=O) groups excluding carboxylic acids is 1. The molecule has 0 radical (unpaired) electrons. The maximum Gasteiger partial charge on any atom is 0.492 e. The van der Waals surface area contributed by atoms with E-state index < -0.39 is 24.3 Å². The van der Waals surface area contributed by atoms with Gasteiger partial charge in [0.2, 0.25) is 5.91 Å². The lowest BCUT2D eigenvalue weighted by molar-refractivity contribution is -0.118. The Morgan fingerprint density at radius 1 is 1.23 bits per heavy atom. The Bertz CT molecular complexity index is 744. The van der Waals surface area contributed by atoms with E-state index in [0.29, 0.717) is 16.1 Å². The quantitative estimate of drug-likeness (QED) is 0.768. The minimum absolute atomic E-state index is 0.103. The van der Waals surface area contributed by atoms with E-state index in [9.17, 15) is 9.59 Å². The van der Waals surface area contributed by atoms with Crippen molar-refractivity contribution in [1.29, 1.82) is 0 Å². The van der Waals surface area contributed by atoms with Gasteiger partial charge in [-0.25, -0.2) is 4.79 Å². The second-order valence-corrected chi connectivity index (χ2v) is 7.67. The van der Waals surface area contributed by atoms with Crippen molar-refractivity contribution in [1.82, 2.24) is 5.32 Å². The number of hydrogen-bond donors (Lipinski definition) is 2. The van der Waals surface area contributed by atoms with Crippen molar-refractivity contribution in [3.8, 4) is 0 Å². The molecule has 1 amide bonds. The molecule has 2 rings (SSSR count). The SMILES string of the molecule is CC(=O)NCC(=Cc1ccc(C(=O)O)cc1Cl)B1OC(C)(C)C(C)(C)O1. The molecule has 1 aromatic carbocycles. The predicted molar refractivity (Wildman–Crippen MR) is 101 cm³/mol. The molecule has 1 saturated heterocycles. The molecule has 26 heavy (non-hydrogen) atoms. The Balaban J connectivity index is 2.38. The lowest BCUT2D eigenvalue weighted by atomic mass is 9.77. The Hall–Kier alpha value is -1.83. The third-order valence-corrected chi connectivity index (χ3v) is 5.01. The zero-order valence-electron chi connectivity index (χ0n) is 15.6. The summed E-state index contributed by atoms with van der Waals surface area (Å²) in [6.07, 6.45) is 1.76. The highest BCUT2D eigenvalue weighted by molar-refractivity contribution is 6.56. The molecule has 140 valence electrons. The first-order chi connectivity index (χ1) is 11.9. The fourth-order valence-electron chi connectivity index (χ4n) is 2.40. The van der Waals surface area contributed by atoms with Crippen LogP contribution in [0.4, 0.5) is 0 Å². The summed E-state index contributed by atoms with van der Waals surface area (Å²) in [5, 5.41) is 12.1. The normalized spacial score (nSPS) is 18.7. The third kappa shape index (κ3) is 4.47. The standard InChI is InChI=1S/C18H23BClNO5/c1-11(22)21-10-14(19-25-17(2,3)18(4,5)26-19)8-12-6-7-13(16(23)24)9-15(12)20/h6-9H,10H2,1-5H3,(H,21,22)(H,23,24). The van der Waals surface area contributed by atoms with E-state index in [-0.39, 0.29) is 18.0 Å². The van der Waals surface area contributed by atoms with Crippen LogP contribution in [-0.2, 0) is 14.1 Å². The number of carboxylic acids is 1. The molecule has 0 spiro atoms. The Morgan fingerprint density at radius 2 is 1.81 bits per heavy atom. The van der Waals surface area contributed by atoms with E-state index in [2.05, 4.69) is 5.32 Å². The van der Waals surface area contributed by atoms with E-state index in [4.69, 9.17) is 26.0 Å². The molecule has 0 saturated carbocycles. The van der Waals surface area contributed by atoms with Crippen molar-refractivity contribution in [3.63, 3.8) is 0 Å². The predicted octanol–water partition coefficient (Wildman–Crippen LogP) is 3.19. The fraction of sp³-hybridized carbons (Fsp3) is 0.444. The van der Waals surface area contributed by atoms with Gasteiger partial charge in [0.15, 0.2) is 0 Å². The van der Waals surface area contributed by atoms with Crippen LogP contribution in [0.5, 0.6) is 0 Å². The minimum Gasteiger partial charge on any atom is -0.478 e. The second-order valence-electron chi connectivity index (χ2n) is 7.26. The Kier molecular flexibility index (Phi) is 5.85. The van der Waals surface area contributed by atoms with Crippen molar-refractivity contribution in [2.45, 2.75) is 45.8 Å². The average molecular weight is 380 g/mol. The lowest BCUT2D eigenvalue weighted by Crippen LogP contribution is -2.41. The highest BCUT2D eigenvalue weighted by Crippen LogP contribution is 2.39. The van der Waals surface area contributed by atoms with Crippen molar-refractivity contribution in [2.75, 3.05) is 6.54 Å². The van der Waals surface area contributed by atoms with Gasteiger partial charge in [0.05, 0.1) is 16.8 Å². The number of carbonyl (C=O) groups is 2. The smallest absolute Gasteiger partial charge is 0.478 e. The molecule has 1 aliphatic heterocycles. The van der Waals surface area contributed by atoms with Crippen LogP contribution < -0.4 is 5.32 Å². The van der Waals surface area contributed by atoms with Crippen molar-refractivity contribution in [3.05, 3.63) is 39.8 Å². The molecule has 0 unspecified atom stereocenters. The largest absolute Gasteiger partial charge is 0.492 e. The van der Waals surface area contributed by atoms with E-state index in [1.807, 2.05) is 27.7 Å². The molecule has 1 aliphatic rings. The van der Waals surface area contributed by atoms with Crippen molar-refractivity contribution in [2.24, 2.45) is 0 Å². The van der Waals surface area contributed by atoms with Crippen LogP contribution in [0.25, 0.3) is 6.08 Å². The molecular weight excluding hydrogens is 356 g/mol. The molecule has 6 nitrogen and oxygen atoms in total. The average Bonchev–Trinajstić information content (AvgIpc) is 2.72. The zero-order valence-corrected chi connectivity index (χ0v) is 16.3. The van der Waals surface area contributed by atoms with Gasteiger partial charge in [-0.2, -0.15) is 0 Å². The van der Waals surface area contributed by atoms with E-state index in [1.165, 1.54) is 19.1 Å². The van der Waals surface area contributed by atoms with Gasteiger partial charge in [0, 0.05) is 18.5 Å². The minimum atomic E-state index is -1.05. The number of amides is 1. The van der Waals surface area contributed by atoms with Crippen LogP contribution in [0.15, 0.2) is 23.7 Å². The number of rotatable bonds is 5. The summed E-state index contributed by atoms with van der Waals surface area (Å²) in [5.41, 5.74) is 0.357. The molecule has 8 heteroatoms. The van der Waals surface area contributed by atoms with Crippen molar-refractivity contribution < 1.29 is 24.0 Å². The number of aromatic carboxylic acids is 1. The summed E-state index contributed by atoms with van der Waals surface area (Å²) in [7, 11) is -0.651. The lowest BCUT2D eigenvalue weighted by Gasteiger charge is -2.32. The van der Waals surface area contributed by atoms with Crippen LogP contribution in [-0.4, -0.2) is 41.8 Å². The van der Waals surface area contributed by atoms with Crippen LogP contribution in [0.2, 0.25) is 5.02 Å². The van der Waals surface area contributed by atoms with E-state index in [0.717, 1.165) is 0 Å². The maximum absolute atomic E-state index is 11.3. The summed E-state index contributed by atoms with van der Waals surface area (Å²) < 4.78 is 12.1. The molecule has 0 aliphatic carbocycles. The topological polar surface area (TPSA) is 84.9 Å². The monoisotopic (exact) mass is 379 g/mol. The van der Waals surface area contributed by atoms with Gasteiger partial charge in [-0.1, -0.05) is 23.7 Å². The molecule has 2 N–H and O–H groups in total. The first-order valence-electron chi connectivity index (χ1n) is 8.26. The van der Waals surface area contributed by atoms with Gasteiger partial charge >= 0.3 is 13.1 Å². The molecule has 0 bridgehead atoms. The molecule has 1 aromatic rings. The highest BCUT2D eigenvalue weighted by atomic mass is 35.5. The summed E-state index contributed by atoms with van der Waals surface area (Å²) in [4.78, 5) is 22.4. The number of benzene rings is 1. The van der Waals surface area contributed by atoms with E-state index >= 15 is 0 Å². The van der Waals surface area contributed by atoms with Gasteiger partial charge in [0.25, 0.3) is 0 Å². The second kappa shape index (κ2) is 7.43. The van der Waals surface area contributed by atoms with E-state index in [1.54, 1.807) is 12.1 Å². The molecule has 0 atom stereocenters. The number of hydrogen-bond acceptors (Lipinski definition) is 4. The maximum atomic E-state index is 11.3. The Morgan fingerprint density at radius 3 is 2.27 bits per heavy atom. The van der Waals surface area contributed by atoms with Crippen LogP contribution >= 0.6 is 11.6 Å². The van der Waals surface area contributed by atoms with Gasteiger partial charge in [-0.15, -0.1) is 0 Å². The van der Waals surface area contributed by atoms with Crippen molar-refractivity contribution >= 4 is 36.7 Å². The molecule has 1 fully saturated rings. The van der Waals surface area contributed by atoms with Crippen LogP contribution in [0.1, 0.15) is 50.5 Å². The first kappa shape index (κ1) is 20.5. The summed E-state index contributed by atoms with van der Waals surface area (Å²) in [6.45, 7) is 9.42. The summed E-state index contributed by atoms with van der Waals surface area (Å²) >= 11 is 6.22. The summed E-state index contributed by atoms with van der Waals surface area (Å²) in [6, 6.07) is 4.47. The third-order valence-electron chi connectivity index (χ3n) is 4.69. The first-order valence-corrected chi connectivity index (χ1v) is 8.64. The molecule has 0 aromatic heterocycles. The van der Waals surface area contributed by atoms with Crippen LogP contribution in [0, 0.1) is 0 Å². The van der Waals surface area contributed by atoms with Gasteiger partial charge in [-0.05, 0) is 50.9 Å². The highest BCUT2D eigenvalue weighted by Gasteiger charge is 2.52. The Labute approximate surface area is 158 Å². The molecule has 1 heterocycles. The summed E-state index contributed by atoms with van der Waals surface area (Å²) in [5.74, 6) is -1.23. The number of nitrogens with one attached hydrogen (secondary N) is 1. The van der Waals surface area contributed by atoms with Gasteiger partial charge in [-0.3, -0.25) is 4.79 Å². The fourth-order valence-corrected chi connectivity index (χ4v) is 2.64. The van der Waals surface area contributed by atoms with Gasteiger partial charge < -0.3 is 19.7 Å². The van der Waals surface area contributed by atoms with Gasteiger partial charge in [0.1, 0.15) is 0 Å². The number of halogens is 1. The zero-order chi connectivity index (χ0) is 19.7. The molecular formula is C18H23BClNO5. The van der Waals surface area contributed by atoms with Crippen LogP contribution in [0.3, 0.4) is 0 Å².